The summed E-state index contributed by atoms with van der Waals surface area (Å²) in [5, 5.41) is 0. The Morgan fingerprint density at radius 3 is 2.67 bits per heavy atom. The second kappa shape index (κ2) is 7.46. The van der Waals surface area contributed by atoms with Crippen LogP contribution in [0.3, 0.4) is 0 Å². The van der Waals surface area contributed by atoms with Crippen LogP contribution >= 0.6 is 0 Å². The van der Waals surface area contributed by atoms with Crippen LogP contribution in [0, 0.1) is 0 Å². The van der Waals surface area contributed by atoms with Crippen molar-refractivity contribution in [3.63, 3.8) is 0 Å². The van der Waals surface area contributed by atoms with Gasteiger partial charge in [0.1, 0.15) is 5.78 Å². The molecule has 27 heavy (non-hydrogen) atoms. The first-order valence-electron chi connectivity index (χ1n) is 10.7. The Kier molecular flexibility index (Phi) is 5.19. The maximum absolute atomic E-state index is 12.1. The highest BCUT2D eigenvalue weighted by Gasteiger charge is 2.50. The number of likely N-dealkylation sites (tertiary alicyclic amines) is 1. The molecule has 0 radical (unpaired) electrons. The molecule has 2 atom stereocenters. The second-order valence-corrected chi connectivity index (χ2v) is 9.00. The first-order valence-corrected chi connectivity index (χ1v) is 10.7. The van der Waals surface area contributed by atoms with Gasteiger partial charge in [-0.2, -0.15) is 0 Å². The first-order chi connectivity index (χ1) is 13.0. The van der Waals surface area contributed by atoms with Crippen LogP contribution in [0.4, 0.5) is 0 Å². The highest BCUT2D eigenvalue weighted by atomic mass is 16.5. The predicted molar refractivity (Wildman–Crippen MR) is 107 cm³/mol. The van der Waals surface area contributed by atoms with E-state index in [1.807, 2.05) is 0 Å². The zero-order chi connectivity index (χ0) is 19.0. The molecule has 4 rings (SSSR count). The van der Waals surface area contributed by atoms with Crippen LogP contribution in [0.1, 0.15) is 70.8 Å². The zero-order valence-electron chi connectivity index (χ0n) is 17.0. The summed E-state index contributed by atoms with van der Waals surface area (Å²) in [6.45, 7) is 5.17. The van der Waals surface area contributed by atoms with Crippen LogP contribution < -0.4 is 9.47 Å². The molecule has 3 aliphatic rings. The molecule has 1 aromatic rings. The molecule has 1 aliphatic heterocycles. The van der Waals surface area contributed by atoms with E-state index in [0.717, 1.165) is 43.7 Å². The minimum Gasteiger partial charge on any atom is -0.487 e. The smallest absolute Gasteiger partial charge is 0.161 e. The largest absolute Gasteiger partial charge is 0.487 e. The number of Topliss-reactive ketones (excluding diaryl/α,β-unsaturated/α-hetero) is 1. The number of benzene rings is 1. The molecule has 0 bridgehead atoms. The Bertz CT molecular complexity index is 695. The van der Waals surface area contributed by atoms with Gasteiger partial charge in [0, 0.05) is 24.3 Å². The monoisotopic (exact) mass is 371 g/mol. The van der Waals surface area contributed by atoms with Gasteiger partial charge in [-0.15, -0.1) is 0 Å². The highest BCUT2D eigenvalue weighted by molar-refractivity contribution is 5.81. The topological polar surface area (TPSA) is 38.8 Å². The van der Waals surface area contributed by atoms with Crippen molar-refractivity contribution in [2.45, 2.75) is 88.9 Å². The number of ketones is 1. The Labute approximate surface area is 163 Å². The molecule has 0 N–H and O–H groups in total. The number of hydrogen-bond donors (Lipinski definition) is 0. The third-order valence-electron chi connectivity index (χ3n) is 6.83. The summed E-state index contributed by atoms with van der Waals surface area (Å²) in [5.41, 5.74) is 1.40. The van der Waals surface area contributed by atoms with E-state index in [-0.39, 0.29) is 11.5 Å². The van der Waals surface area contributed by atoms with Gasteiger partial charge in [-0.25, -0.2) is 0 Å². The molecule has 2 saturated carbocycles. The van der Waals surface area contributed by atoms with Crippen molar-refractivity contribution in [1.82, 2.24) is 4.90 Å². The van der Waals surface area contributed by atoms with Gasteiger partial charge in [0.25, 0.3) is 0 Å². The van der Waals surface area contributed by atoms with Crippen LogP contribution in [-0.2, 0) is 10.2 Å². The van der Waals surface area contributed by atoms with Crippen molar-refractivity contribution in [1.29, 1.82) is 0 Å². The lowest BCUT2D eigenvalue weighted by atomic mass is 9.66. The zero-order valence-corrected chi connectivity index (χ0v) is 17.0. The van der Waals surface area contributed by atoms with Crippen LogP contribution in [0.25, 0.3) is 0 Å². The summed E-state index contributed by atoms with van der Waals surface area (Å²) >= 11 is 0. The highest BCUT2D eigenvalue weighted by Crippen LogP contribution is 2.49. The van der Waals surface area contributed by atoms with Gasteiger partial charge in [-0.1, -0.05) is 6.07 Å². The van der Waals surface area contributed by atoms with Crippen LogP contribution in [0.2, 0.25) is 0 Å². The second-order valence-electron chi connectivity index (χ2n) is 9.00. The molecular weight excluding hydrogens is 338 g/mol. The van der Waals surface area contributed by atoms with Crippen molar-refractivity contribution < 1.29 is 14.3 Å². The van der Waals surface area contributed by atoms with Gasteiger partial charge in [-0.05, 0) is 83.7 Å². The molecule has 1 saturated heterocycles. The average molecular weight is 372 g/mol. The van der Waals surface area contributed by atoms with Gasteiger partial charge < -0.3 is 14.4 Å². The normalized spacial score (nSPS) is 29.3. The van der Waals surface area contributed by atoms with Gasteiger partial charge in [0.05, 0.1) is 12.2 Å². The number of nitrogens with zero attached hydrogens (tertiary/aromatic N) is 1. The summed E-state index contributed by atoms with van der Waals surface area (Å²) in [6.07, 6.45) is 8.66. The maximum Gasteiger partial charge on any atom is 0.161 e. The van der Waals surface area contributed by atoms with Crippen LogP contribution in [-0.4, -0.2) is 42.5 Å². The van der Waals surface area contributed by atoms with Crippen molar-refractivity contribution in [3.8, 4) is 11.5 Å². The van der Waals surface area contributed by atoms with Crippen LogP contribution in [0.15, 0.2) is 18.2 Å². The Morgan fingerprint density at radius 1 is 1.15 bits per heavy atom. The molecule has 4 heteroatoms. The van der Waals surface area contributed by atoms with Gasteiger partial charge in [-0.3, -0.25) is 4.79 Å². The number of ether oxygens (including phenoxy) is 2. The van der Waals surface area contributed by atoms with Crippen molar-refractivity contribution in [3.05, 3.63) is 23.8 Å². The fourth-order valence-corrected chi connectivity index (χ4v) is 5.37. The third-order valence-corrected chi connectivity index (χ3v) is 6.83. The SMILES string of the molecule is CC(C)Oc1ccc([C@@]23CCC(=O)C[C@@H]2N(C)CC3)cc1OC1CCCC1. The molecule has 3 fully saturated rings. The predicted octanol–water partition coefficient (Wildman–Crippen LogP) is 4.49. The fraction of sp³-hybridized carbons (Fsp3) is 0.696. The minimum atomic E-state index is 0.0762. The number of fused-ring (bicyclic) bond motifs is 1. The quantitative estimate of drug-likeness (QED) is 0.764. The fourth-order valence-electron chi connectivity index (χ4n) is 5.37. The number of hydrogen-bond acceptors (Lipinski definition) is 4. The molecule has 148 valence electrons. The average Bonchev–Trinajstić information content (AvgIpc) is 3.25. The van der Waals surface area contributed by atoms with Crippen molar-refractivity contribution >= 4 is 5.78 Å². The van der Waals surface area contributed by atoms with E-state index in [1.165, 1.54) is 18.4 Å². The lowest BCUT2D eigenvalue weighted by Gasteiger charge is -2.41. The van der Waals surface area contributed by atoms with Crippen molar-refractivity contribution in [2.24, 2.45) is 0 Å². The van der Waals surface area contributed by atoms with E-state index in [2.05, 4.69) is 44.0 Å². The van der Waals surface area contributed by atoms with E-state index >= 15 is 0 Å². The first kappa shape index (κ1) is 18.8. The number of likely N-dealkylation sites (N-methyl/N-ethyl adjacent to an activating group) is 1. The number of rotatable bonds is 5. The van der Waals surface area contributed by atoms with E-state index in [0.29, 0.717) is 30.8 Å². The van der Waals surface area contributed by atoms with Gasteiger partial charge >= 0.3 is 0 Å². The molecule has 1 aromatic carbocycles. The maximum atomic E-state index is 12.1. The molecular formula is C23H33NO3. The van der Waals surface area contributed by atoms with Crippen molar-refractivity contribution in [2.75, 3.05) is 13.6 Å². The van der Waals surface area contributed by atoms with E-state index in [4.69, 9.17) is 9.47 Å². The molecule has 4 nitrogen and oxygen atoms in total. The molecule has 0 spiro atoms. The summed E-state index contributed by atoms with van der Waals surface area (Å²) in [6, 6.07) is 6.87. The summed E-state index contributed by atoms with van der Waals surface area (Å²) in [5.74, 6) is 2.16. The Hall–Kier alpha value is -1.55. The lowest BCUT2D eigenvalue weighted by molar-refractivity contribution is -0.122. The lowest BCUT2D eigenvalue weighted by Crippen LogP contribution is -2.46. The molecule has 0 unspecified atom stereocenters. The van der Waals surface area contributed by atoms with E-state index in [9.17, 15) is 4.79 Å². The summed E-state index contributed by atoms with van der Waals surface area (Å²) in [4.78, 5) is 14.5. The molecule has 0 amide bonds. The number of carbonyl (C=O) groups is 1. The van der Waals surface area contributed by atoms with Gasteiger partial charge in [0.15, 0.2) is 11.5 Å². The van der Waals surface area contributed by atoms with Gasteiger partial charge in [0.2, 0.25) is 0 Å². The third kappa shape index (κ3) is 3.61. The molecule has 2 aliphatic carbocycles. The molecule has 1 heterocycles. The number of carbonyl (C=O) groups excluding carboxylic acids is 1. The Balaban J connectivity index is 1.68. The summed E-state index contributed by atoms with van der Waals surface area (Å²) in [7, 11) is 2.16. The van der Waals surface area contributed by atoms with E-state index in [1.54, 1.807) is 0 Å². The minimum absolute atomic E-state index is 0.0762. The molecule has 0 aromatic heterocycles. The standard InChI is InChI=1S/C23H33NO3/c1-16(2)26-20-9-8-17(14-21(20)27-19-6-4-5-7-19)23-11-10-18(25)15-22(23)24(3)13-12-23/h8-9,14,16,19,22H,4-7,10-13,15H2,1-3H3/t22-,23-/m0/s1. The Morgan fingerprint density at radius 2 is 1.93 bits per heavy atom. The van der Waals surface area contributed by atoms with E-state index < -0.39 is 0 Å². The summed E-state index contributed by atoms with van der Waals surface area (Å²) < 4.78 is 12.5. The van der Waals surface area contributed by atoms with Crippen LogP contribution in [0.5, 0.6) is 11.5 Å².